The van der Waals surface area contributed by atoms with Gasteiger partial charge in [-0.2, -0.15) is 0 Å². The molecule has 1 unspecified atom stereocenters. The van der Waals surface area contributed by atoms with Crippen LogP contribution in [0.4, 0.5) is 4.39 Å². The number of halogens is 2. The van der Waals surface area contributed by atoms with E-state index in [0.717, 1.165) is 11.5 Å². The zero-order chi connectivity index (χ0) is 14.1. The van der Waals surface area contributed by atoms with Crippen LogP contribution in [0, 0.1) is 11.7 Å². The van der Waals surface area contributed by atoms with E-state index in [0.29, 0.717) is 17.1 Å². The van der Waals surface area contributed by atoms with Crippen LogP contribution >= 0.6 is 15.9 Å². The van der Waals surface area contributed by atoms with Crippen molar-refractivity contribution >= 4 is 15.9 Å². The fraction of sp³-hybridized carbons (Fsp3) is 0.375. The first-order chi connectivity index (χ1) is 9.69. The van der Waals surface area contributed by atoms with Crippen LogP contribution in [0.2, 0.25) is 0 Å². The molecule has 1 heterocycles. The number of hydrogen-bond acceptors (Lipinski definition) is 1. The van der Waals surface area contributed by atoms with Crippen molar-refractivity contribution < 1.29 is 4.39 Å². The third-order valence-corrected chi connectivity index (χ3v) is 4.81. The third kappa shape index (κ3) is 2.81. The van der Waals surface area contributed by atoms with E-state index in [2.05, 4.69) is 44.3 Å². The maximum absolute atomic E-state index is 13.5. The van der Waals surface area contributed by atoms with Crippen molar-refractivity contribution in [2.75, 3.05) is 7.05 Å². The Morgan fingerprint density at radius 3 is 2.90 bits per heavy atom. The van der Waals surface area contributed by atoms with Crippen molar-refractivity contribution in [1.29, 1.82) is 0 Å². The van der Waals surface area contributed by atoms with E-state index in [1.807, 2.05) is 13.1 Å². The van der Waals surface area contributed by atoms with Gasteiger partial charge in [0.15, 0.2) is 0 Å². The van der Waals surface area contributed by atoms with Gasteiger partial charge in [0.05, 0.1) is 4.47 Å². The molecule has 4 heteroatoms. The Labute approximate surface area is 127 Å². The summed E-state index contributed by atoms with van der Waals surface area (Å²) < 4.78 is 16.2. The SMILES string of the molecule is CNC(c1ccn(Cc2cccc(F)c2Br)c1)C1CC1. The highest BCUT2D eigenvalue weighted by Gasteiger charge is 2.31. The second kappa shape index (κ2) is 5.70. The van der Waals surface area contributed by atoms with Crippen LogP contribution in [-0.4, -0.2) is 11.6 Å². The molecule has 1 aliphatic carbocycles. The van der Waals surface area contributed by atoms with Crippen molar-refractivity contribution in [2.45, 2.75) is 25.4 Å². The lowest BCUT2D eigenvalue weighted by Gasteiger charge is -2.13. The Morgan fingerprint density at radius 2 is 2.20 bits per heavy atom. The molecule has 0 radical (unpaired) electrons. The molecule has 1 N–H and O–H groups in total. The first-order valence-corrected chi connectivity index (χ1v) is 7.74. The van der Waals surface area contributed by atoms with Crippen LogP contribution in [0.25, 0.3) is 0 Å². The molecule has 2 aromatic rings. The van der Waals surface area contributed by atoms with Gasteiger partial charge in [-0.1, -0.05) is 12.1 Å². The Kier molecular flexibility index (Phi) is 3.94. The molecule has 2 nitrogen and oxygen atoms in total. The first-order valence-electron chi connectivity index (χ1n) is 6.95. The van der Waals surface area contributed by atoms with Gasteiger partial charge in [-0.05, 0) is 65.0 Å². The van der Waals surface area contributed by atoms with Gasteiger partial charge in [-0.25, -0.2) is 4.39 Å². The molecule has 1 aromatic carbocycles. The summed E-state index contributed by atoms with van der Waals surface area (Å²) >= 11 is 3.32. The van der Waals surface area contributed by atoms with Gasteiger partial charge in [-0.15, -0.1) is 0 Å². The summed E-state index contributed by atoms with van der Waals surface area (Å²) in [5.41, 5.74) is 2.28. The lowest BCUT2D eigenvalue weighted by Crippen LogP contribution is -2.17. The molecule has 0 amide bonds. The highest BCUT2D eigenvalue weighted by atomic mass is 79.9. The van der Waals surface area contributed by atoms with Crippen LogP contribution in [0.3, 0.4) is 0 Å². The molecule has 1 aliphatic rings. The minimum absolute atomic E-state index is 0.207. The number of nitrogens with zero attached hydrogens (tertiary/aromatic N) is 1. The average Bonchev–Trinajstić information content (AvgIpc) is 3.16. The number of hydrogen-bond donors (Lipinski definition) is 1. The molecule has 1 saturated carbocycles. The van der Waals surface area contributed by atoms with Crippen LogP contribution in [0.1, 0.15) is 30.0 Å². The van der Waals surface area contributed by atoms with Gasteiger partial charge in [-0.3, -0.25) is 0 Å². The quantitative estimate of drug-likeness (QED) is 0.869. The van der Waals surface area contributed by atoms with E-state index in [4.69, 9.17) is 0 Å². The standard InChI is InChI=1S/C16H18BrFN2/c1-19-16(11-5-6-11)13-7-8-20(10-13)9-12-3-2-4-14(18)15(12)17/h2-4,7-8,10-11,16,19H,5-6,9H2,1H3. The summed E-state index contributed by atoms with van der Waals surface area (Å²) in [4.78, 5) is 0. The molecule has 20 heavy (non-hydrogen) atoms. The van der Waals surface area contributed by atoms with Crippen LogP contribution in [0.5, 0.6) is 0 Å². The summed E-state index contributed by atoms with van der Waals surface area (Å²) in [6, 6.07) is 7.78. The lowest BCUT2D eigenvalue weighted by atomic mass is 10.1. The van der Waals surface area contributed by atoms with E-state index in [9.17, 15) is 4.39 Å². The predicted molar refractivity (Wildman–Crippen MR) is 82.2 cm³/mol. The fourth-order valence-corrected chi connectivity index (χ4v) is 3.10. The Balaban J connectivity index is 1.78. The van der Waals surface area contributed by atoms with Crippen LogP contribution in [-0.2, 0) is 6.54 Å². The summed E-state index contributed by atoms with van der Waals surface area (Å²) in [6.07, 6.45) is 6.86. The van der Waals surface area contributed by atoms with E-state index >= 15 is 0 Å². The molecule has 1 atom stereocenters. The molecular weight excluding hydrogens is 319 g/mol. The van der Waals surface area contributed by atoms with Crippen molar-refractivity contribution in [2.24, 2.45) is 5.92 Å². The second-order valence-electron chi connectivity index (χ2n) is 5.43. The van der Waals surface area contributed by atoms with Crippen molar-refractivity contribution in [3.05, 3.63) is 58.1 Å². The Morgan fingerprint density at radius 1 is 1.40 bits per heavy atom. The topological polar surface area (TPSA) is 17.0 Å². The number of rotatable bonds is 5. The van der Waals surface area contributed by atoms with Gasteiger partial charge in [0, 0.05) is 25.0 Å². The largest absolute Gasteiger partial charge is 0.350 e. The minimum Gasteiger partial charge on any atom is -0.350 e. The molecule has 3 rings (SSSR count). The predicted octanol–water partition coefficient (Wildman–Crippen LogP) is 4.11. The molecule has 1 aromatic heterocycles. The highest BCUT2D eigenvalue weighted by Crippen LogP contribution is 2.40. The normalized spacial score (nSPS) is 16.4. The maximum Gasteiger partial charge on any atom is 0.137 e. The summed E-state index contributed by atoms with van der Waals surface area (Å²) in [5.74, 6) is 0.567. The number of aromatic nitrogens is 1. The lowest BCUT2D eigenvalue weighted by molar-refractivity contribution is 0.528. The summed E-state index contributed by atoms with van der Waals surface area (Å²) in [6.45, 7) is 0.680. The molecular formula is C16H18BrFN2. The molecule has 0 spiro atoms. The van der Waals surface area contributed by atoms with Crippen LogP contribution < -0.4 is 5.32 Å². The fourth-order valence-electron chi connectivity index (χ4n) is 2.71. The molecule has 0 aliphatic heterocycles. The van der Waals surface area contributed by atoms with Crippen molar-refractivity contribution in [1.82, 2.24) is 9.88 Å². The van der Waals surface area contributed by atoms with Gasteiger partial charge in [0.25, 0.3) is 0 Å². The van der Waals surface area contributed by atoms with Gasteiger partial charge in [0.1, 0.15) is 5.82 Å². The molecule has 0 saturated heterocycles. The zero-order valence-electron chi connectivity index (χ0n) is 11.4. The molecule has 0 bridgehead atoms. The summed E-state index contributed by atoms with van der Waals surface area (Å²) in [7, 11) is 2.02. The smallest absolute Gasteiger partial charge is 0.137 e. The average molecular weight is 337 g/mol. The minimum atomic E-state index is -0.207. The van der Waals surface area contributed by atoms with Gasteiger partial charge >= 0.3 is 0 Å². The number of nitrogens with one attached hydrogen (secondary N) is 1. The Hall–Kier alpha value is -1.13. The van der Waals surface area contributed by atoms with Crippen molar-refractivity contribution in [3.8, 4) is 0 Å². The first kappa shape index (κ1) is 13.8. The third-order valence-electron chi connectivity index (χ3n) is 3.92. The van der Waals surface area contributed by atoms with E-state index in [1.165, 1.54) is 24.5 Å². The number of benzene rings is 1. The van der Waals surface area contributed by atoms with E-state index in [-0.39, 0.29) is 5.82 Å². The maximum atomic E-state index is 13.5. The zero-order valence-corrected chi connectivity index (χ0v) is 13.0. The molecule has 106 valence electrons. The van der Waals surface area contributed by atoms with Crippen LogP contribution in [0.15, 0.2) is 41.1 Å². The second-order valence-corrected chi connectivity index (χ2v) is 6.23. The monoisotopic (exact) mass is 336 g/mol. The van der Waals surface area contributed by atoms with E-state index < -0.39 is 0 Å². The highest BCUT2D eigenvalue weighted by molar-refractivity contribution is 9.10. The Bertz CT molecular complexity index is 604. The van der Waals surface area contributed by atoms with Gasteiger partial charge < -0.3 is 9.88 Å². The molecule has 1 fully saturated rings. The van der Waals surface area contributed by atoms with Gasteiger partial charge in [0.2, 0.25) is 0 Å². The summed E-state index contributed by atoms with van der Waals surface area (Å²) in [5, 5.41) is 3.40. The van der Waals surface area contributed by atoms with E-state index in [1.54, 1.807) is 6.07 Å². The van der Waals surface area contributed by atoms with Crippen molar-refractivity contribution in [3.63, 3.8) is 0 Å².